The summed E-state index contributed by atoms with van der Waals surface area (Å²) in [6.45, 7) is 1.78. The number of nitrogens with zero attached hydrogens (tertiary/aromatic N) is 3. The van der Waals surface area contributed by atoms with Crippen molar-refractivity contribution in [1.82, 2.24) is 14.9 Å². The van der Waals surface area contributed by atoms with E-state index in [0.717, 1.165) is 6.07 Å². The lowest BCUT2D eigenvalue weighted by Gasteiger charge is -2.34. The van der Waals surface area contributed by atoms with Gasteiger partial charge in [0.2, 0.25) is 0 Å². The molecule has 0 radical (unpaired) electrons. The van der Waals surface area contributed by atoms with Gasteiger partial charge in [0.25, 0.3) is 12.9 Å². The summed E-state index contributed by atoms with van der Waals surface area (Å²) in [7, 11) is 0. The van der Waals surface area contributed by atoms with Crippen molar-refractivity contribution in [1.29, 1.82) is 0 Å². The summed E-state index contributed by atoms with van der Waals surface area (Å²) in [6, 6.07) is 3.14. The quantitative estimate of drug-likeness (QED) is 0.395. The number of fused-ring (bicyclic) bond motifs is 1. The van der Waals surface area contributed by atoms with Crippen molar-refractivity contribution in [2.45, 2.75) is 50.7 Å². The minimum atomic E-state index is -2.93. The maximum atomic E-state index is 14.5. The first-order valence-electron chi connectivity index (χ1n) is 9.35. The van der Waals surface area contributed by atoms with Gasteiger partial charge in [0.15, 0.2) is 4.73 Å². The van der Waals surface area contributed by atoms with Crippen molar-refractivity contribution < 1.29 is 22.0 Å². The fourth-order valence-electron chi connectivity index (χ4n) is 3.69. The van der Waals surface area contributed by atoms with E-state index in [2.05, 4.69) is 31.2 Å². The molecule has 4 nitrogen and oxygen atoms in total. The number of nitrogens with one attached hydrogen (secondary N) is 1. The molecule has 0 amide bonds. The molecule has 1 atom stereocenters. The second kappa shape index (κ2) is 7.79. The average molecular weight is 489 g/mol. The summed E-state index contributed by atoms with van der Waals surface area (Å²) < 4.78 is 68.0. The molecule has 4 rings (SSSR count). The molecular weight excluding hydrogens is 471 g/mol. The molecule has 160 valence electrons. The molecule has 1 fully saturated rings. The molecule has 1 aliphatic carbocycles. The van der Waals surface area contributed by atoms with Crippen LogP contribution >= 0.6 is 15.9 Å². The molecule has 0 bridgehead atoms. The lowest BCUT2D eigenvalue weighted by Crippen LogP contribution is -2.40. The normalized spacial score (nSPS) is 18.0. The smallest absolute Gasteiger partial charge is 0.266 e. The highest BCUT2D eigenvalue weighted by Gasteiger charge is 2.55. The molecule has 1 aliphatic heterocycles. The molecule has 2 heterocycles. The van der Waals surface area contributed by atoms with E-state index in [1.54, 1.807) is 24.1 Å². The Morgan fingerprint density at radius 1 is 1.13 bits per heavy atom. The molecule has 1 aromatic heterocycles. The number of hydrogen-bond acceptors (Lipinski definition) is 4. The monoisotopic (exact) mass is 488 g/mol. The van der Waals surface area contributed by atoms with Crippen LogP contribution in [0.2, 0.25) is 0 Å². The Kier molecular flexibility index (Phi) is 5.46. The Bertz CT molecular complexity index is 993. The number of rotatable bonds is 6. The Morgan fingerprint density at radius 3 is 2.47 bits per heavy atom. The van der Waals surface area contributed by atoms with Crippen LogP contribution in [0.25, 0.3) is 6.08 Å². The number of halogens is 6. The SMILES string of the molecule is C[C@@H](Nc1nc(Br)nc2c1CN(C1(C(F)F)CC1)C=C2)c1cccc(C(F)F)c1F. The number of anilines is 1. The number of benzene rings is 1. The first-order chi connectivity index (χ1) is 14.2. The van der Waals surface area contributed by atoms with Crippen LogP contribution in [0, 0.1) is 5.82 Å². The minimum absolute atomic E-state index is 0.0609. The van der Waals surface area contributed by atoms with Crippen LogP contribution in [0.5, 0.6) is 0 Å². The van der Waals surface area contributed by atoms with Crippen LogP contribution in [-0.4, -0.2) is 26.8 Å². The van der Waals surface area contributed by atoms with Gasteiger partial charge in [0.1, 0.15) is 17.2 Å². The van der Waals surface area contributed by atoms with Gasteiger partial charge >= 0.3 is 0 Å². The van der Waals surface area contributed by atoms with Gasteiger partial charge in [0.05, 0.1) is 17.3 Å². The second-order valence-electron chi connectivity index (χ2n) is 7.47. The van der Waals surface area contributed by atoms with E-state index in [4.69, 9.17) is 0 Å². The maximum Gasteiger partial charge on any atom is 0.266 e. The van der Waals surface area contributed by atoms with Crippen LogP contribution in [0.1, 0.15) is 54.6 Å². The van der Waals surface area contributed by atoms with Crippen molar-refractivity contribution >= 4 is 27.8 Å². The van der Waals surface area contributed by atoms with Crippen molar-refractivity contribution in [3.63, 3.8) is 0 Å². The maximum absolute atomic E-state index is 14.5. The molecule has 2 aromatic rings. The van der Waals surface area contributed by atoms with Gasteiger partial charge in [-0.05, 0) is 41.8 Å². The third-order valence-electron chi connectivity index (χ3n) is 5.61. The lowest BCUT2D eigenvalue weighted by atomic mass is 10.0. The van der Waals surface area contributed by atoms with E-state index in [9.17, 15) is 22.0 Å². The first kappa shape index (κ1) is 21.0. The molecule has 0 unspecified atom stereocenters. The zero-order valence-electron chi connectivity index (χ0n) is 15.8. The van der Waals surface area contributed by atoms with Crippen molar-refractivity contribution in [3.8, 4) is 0 Å². The molecule has 30 heavy (non-hydrogen) atoms. The predicted molar refractivity (Wildman–Crippen MR) is 106 cm³/mol. The summed E-state index contributed by atoms with van der Waals surface area (Å²) in [5.41, 5.74) is -0.652. The van der Waals surface area contributed by atoms with E-state index < -0.39 is 35.8 Å². The van der Waals surface area contributed by atoms with Gasteiger partial charge in [0, 0.05) is 23.9 Å². The van der Waals surface area contributed by atoms with Crippen molar-refractivity contribution in [2.75, 3.05) is 5.32 Å². The average Bonchev–Trinajstić information content (AvgIpc) is 3.49. The van der Waals surface area contributed by atoms with Gasteiger partial charge in [-0.25, -0.2) is 31.9 Å². The highest BCUT2D eigenvalue weighted by atomic mass is 79.9. The van der Waals surface area contributed by atoms with E-state index in [1.807, 2.05) is 0 Å². The number of hydrogen-bond donors (Lipinski definition) is 1. The Hall–Kier alpha value is -2.23. The molecule has 2 aliphatic rings. The van der Waals surface area contributed by atoms with E-state index in [-0.39, 0.29) is 16.8 Å². The van der Waals surface area contributed by atoms with Gasteiger partial charge in [-0.3, -0.25) is 0 Å². The topological polar surface area (TPSA) is 41.1 Å². The largest absolute Gasteiger partial charge is 0.363 e. The van der Waals surface area contributed by atoms with Crippen LogP contribution in [0.15, 0.2) is 29.1 Å². The fraction of sp³-hybridized carbons (Fsp3) is 0.400. The Balaban J connectivity index is 1.65. The van der Waals surface area contributed by atoms with Gasteiger partial charge in [-0.1, -0.05) is 18.2 Å². The summed E-state index contributed by atoms with van der Waals surface area (Å²) in [5, 5.41) is 3.04. The molecule has 0 saturated heterocycles. The van der Waals surface area contributed by atoms with E-state index in [1.165, 1.54) is 12.1 Å². The molecule has 10 heteroatoms. The van der Waals surface area contributed by atoms with E-state index >= 15 is 0 Å². The Labute approximate surface area is 178 Å². The zero-order valence-corrected chi connectivity index (χ0v) is 17.4. The predicted octanol–water partition coefficient (Wildman–Crippen LogP) is 6.07. The molecule has 1 aromatic carbocycles. The van der Waals surface area contributed by atoms with Gasteiger partial charge in [-0.2, -0.15) is 0 Å². The van der Waals surface area contributed by atoms with Crippen LogP contribution in [0.4, 0.5) is 27.8 Å². The van der Waals surface area contributed by atoms with Crippen LogP contribution < -0.4 is 5.32 Å². The Morgan fingerprint density at radius 2 is 1.83 bits per heavy atom. The highest BCUT2D eigenvalue weighted by Crippen LogP contribution is 2.49. The van der Waals surface area contributed by atoms with Crippen molar-refractivity contribution in [3.05, 3.63) is 57.3 Å². The van der Waals surface area contributed by atoms with Gasteiger partial charge in [-0.15, -0.1) is 0 Å². The summed E-state index contributed by atoms with van der Waals surface area (Å²) in [5.74, 6) is -0.647. The number of aromatic nitrogens is 2. The van der Waals surface area contributed by atoms with Gasteiger partial charge < -0.3 is 10.2 Å². The first-order valence-corrected chi connectivity index (χ1v) is 10.1. The zero-order chi connectivity index (χ0) is 21.6. The van der Waals surface area contributed by atoms with Crippen LogP contribution in [0.3, 0.4) is 0 Å². The third-order valence-corrected chi connectivity index (χ3v) is 5.96. The molecular formula is C20H18BrF5N4. The highest BCUT2D eigenvalue weighted by molar-refractivity contribution is 9.10. The standard InChI is InChI=1S/C20H18BrF5N4/c1-10(11-3-2-4-12(15(11)22)16(23)24)27-17-13-9-30(20(6-7-20)18(25)26)8-5-14(13)28-19(21)29-17/h2-5,8,10,16,18H,6-7,9H2,1H3,(H,27,28,29)/t10-/m1/s1. The lowest BCUT2D eigenvalue weighted by molar-refractivity contribution is 0.0276. The van der Waals surface area contributed by atoms with E-state index in [0.29, 0.717) is 29.9 Å². The van der Waals surface area contributed by atoms with Crippen LogP contribution in [-0.2, 0) is 6.54 Å². The summed E-state index contributed by atoms with van der Waals surface area (Å²) in [6.07, 6.45) is -1.37. The van der Waals surface area contributed by atoms with Crippen molar-refractivity contribution in [2.24, 2.45) is 0 Å². The molecule has 1 saturated carbocycles. The summed E-state index contributed by atoms with van der Waals surface area (Å²) >= 11 is 3.22. The molecule has 0 spiro atoms. The fourth-order valence-corrected chi connectivity index (χ4v) is 4.06. The summed E-state index contributed by atoms with van der Waals surface area (Å²) in [4.78, 5) is 10.2. The minimum Gasteiger partial charge on any atom is -0.363 e. The third kappa shape index (κ3) is 3.66. The molecule has 1 N–H and O–H groups in total. The second-order valence-corrected chi connectivity index (χ2v) is 8.18. The number of alkyl halides is 4.